The smallest absolute Gasteiger partial charge is 0.352 e. The Balaban J connectivity index is 2.47. The van der Waals surface area contributed by atoms with E-state index in [0.29, 0.717) is 5.56 Å². The van der Waals surface area contributed by atoms with Crippen LogP contribution in [0.15, 0.2) is 36.5 Å². The number of benzene rings is 1. The predicted octanol–water partition coefficient (Wildman–Crippen LogP) is 3.14. The largest absolute Gasteiger partial charge is 0.477 e. The van der Waals surface area contributed by atoms with E-state index in [2.05, 4.69) is 0 Å². The molecule has 1 N–H and O–H groups in total. The highest BCUT2D eigenvalue weighted by molar-refractivity contribution is 5.97. The number of aromatic nitrogens is 1. The number of hydrogen-bond donors (Lipinski definition) is 1. The molecule has 1 aromatic carbocycles. The fraction of sp³-hybridized carbons (Fsp3) is 0.200. The molecule has 0 fully saturated rings. The van der Waals surface area contributed by atoms with Crippen molar-refractivity contribution in [3.05, 3.63) is 59.2 Å². The van der Waals surface area contributed by atoms with Gasteiger partial charge in [-0.05, 0) is 37.6 Å². The summed E-state index contributed by atoms with van der Waals surface area (Å²) in [6, 6.07) is 6.88. The molecule has 0 aliphatic heterocycles. The van der Waals surface area contributed by atoms with Crippen LogP contribution in [0.5, 0.6) is 0 Å². The molecule has 0 aliphatic rings. The molecule has 0 aliphatic carbocycles. The van der Waals surface area contributed by atoms with Gasteiger partial charge in [0.2, 0.25) is 0 Å². The third kappa shape index (κ3) is 2.61. The van der Waals surface area contributed by atoms with Crippen molar-refractivity contribution in [3.63, 3.8) is 0 Å². The zero-order valence-electron chi connectivity index (χ0n) is 11.1. The van der Waals surface area contributed by atoms with Gasteiger partial charge in [-0.1, -0.05) is 12.1 Å². The topological polar surface area (TPSA) is 59.3 Å². The molecule has 0 bridgehead atoms. The number of hydrogen-bond acceptors (Lipinski definition) is 2. The maximum atomic E-state index is 12.9. The van der Waals surface area contributed by atoms with Crippen LogP contribution in [-0.2, 0) is 0 Å². The molecule has 1 unspecified atom stereocenters. The van der Waals surface area contributed by atoms with Crippen LogP contribution < -0.4 is 0 Å². The monoisotopic (exact) mass is 275 g/mol. The van der Waals surface area contributed by atoms with Crippen molar-refractivity contribution in [2.24, 2.45) is 0 Å². The number of nitrogens with zero attached hydrogens (tertiary/aromatic N) is 1. The molecule has 0 radical (unpaired) electrons. The van der Waals surface area contributed by atoms with E-state index in [-0.39, 0.29) is 23.3 Å². The van der Waals surface area contributed by atoms with Gasteiger partial charge in [0, 0.05) is 11.8 Å². The Kier molecular flexibility index (Phi) is 3.70. The molecular formula is C15H14FNO3. The molecular weight excluding hydrogens is 261 g/mol. The Morgan fingerprint density at radius 3 is 2.35 bits per heavy atom. The number of carbonyl (C=O) groups is 2. The first kappa shape index (κ1) is 14.0. The average Bonchev–Trinajstić information content (AvgIpc) is 2.84. The molecule has 0 saturated carbocycles. The van der Waals surface area contributed by atoms with E-state index < -0.39 is 5.97 Å². The van der Waals surface area contributed by atoms with Crippen molar-refractivity contribution >= 4 is 11.8 Å². The second-order valence-corrected chi connectivity index (χ2v) is 4.61. The molecule has 20 heavy (non-hydrogen) atoms. The normalized spacial score (nSPS) is 12.2. The fourth-order valence-electron chi connectivity index (χ4n) is 2.07. The second kappa shape index (κ2) is 5.28. The number of carboxylic acids is 1. The first-order valence-corrected chi connectivity index (χ1v) is 6.11. The molecule has 0 amide bonds. The summed E-state index contributed by atoms with van der Waals surface area (Å²) in [5, 5.41) is 9.21. The highest BCUT2D eigenvalue weighted by Crippen LogP contribution is 2.22. The highest BCUT2D eigenvalue weighted by Gasteiger charge is 2.19. The zero-order valence-corrected chi connectivity index (χ0v) is 11.1. The van der Waals surface area contributed by atoms with Crippen LogP contribution in [0.25, 0.3) is 0 Å². The quantitative estimate of drug-likeness (QED) is 0.872. The van der Waals surface area contributed by atoms with Crippen LogP contribution in [0.1, 0.15) is 46.3 Å². The van der Waals surface area contributed by atoms with Gasteiger partial charge >= 0.3 is 5.97 Å². The number of aromatic carboxylic acids is 1. The van der Waals surface area contributed by atoms with E-state index in [1.54, 1.807) is 19.1 Å². The molecule has 0 saturated heterocycles. The summed E-state index contributed by atoms with van der Waals surface area (Å²) >= 11 is 0. The lowest BCUT2D eigenvalue weighted by molar-refractivity contribution is 0.0684. The summed E-state index contributed by atoms with van der Waals surface area (Å²) in [7, 11) is 0. The summed E-state index contributed by atoms with van der Waals surface area (Å²) in [6.45, 7) is 3.18. The van der Waals surface area contributed by atoms with Gasteiger partial charge in [0.25, 0.3) is 0 Å². The van der Waals surface area contributed by atoms with Gasteiger partial charge in [-0.15, -0.1) is 0 Å². The molecule has 2 aromatic rings. The zero-order chi connectivity index (χ0) is 14.9. The number of Topliss-reactive ketones (excluding diaryl/α,β-unsaturated/α-hetero) is 1. The molecule has 0 spiro atoms. The van der Waals surface area contributed by atoms with Crippen molar-refractivity contribution in [1.82, 2.24) is 4.57 Å². The van der Waals surface area contributed by atoms with Gasteiger partial charge < -0.3 is 9.67 Å². The number of halogens is 1. The van der Waals surface area contributed by atoms with E-state index in [0.717, 1.165) is 5.56 Å². The second-order valence-electron chi connectivity index (χ2n) is 4.61. The molecule has 1 atom stereocenters. The van der Waals surface area contributed by atoms with E-state index in [4.69, 9.17) is 0 Å². The van der Waals surface area contributed by atoms with E-state index in [1.165, 1.54) is 35.9 Å². The van der Waals surface area contributed by atoms with Gasteiger partial charge in [0.05, 0.1) is 6.04 Å². The molecule has 1 heterocycles. The van der Waals surface area contributed by atoms with Crippen molar-refractivity contribution in [2.45, 2.75) is 19.9 Å². The minimum absolute atomic E-state index is 0.0343. The minimum Gasteiger partial charge on any atom is -0.477 e. The van der Waals surface area contributed by atoms with Crippen molar-refractivity contribution in [3.8, 4) is 0 Å². The Morgan fingerprint density at radius 2 is 1.85 bits per heavy atom. The van der Waals surface area contributed by atoms with Crippen LogP contribution in [0, 0.1) is 5.82 Å². The number of ketones is 1. The summed E-state index contributed by atoms with van der Waals surface area (Å²) in [5.41, 5.74) is 1.14. The van der Waals surface area contributed by atoms with Gasteiger partial charge in [-0.25, -0.2) is 9.18 Å². The Labute approximate surface area is 115 Å². The first-order chi connectivity index (χ1) is 9.40. The summed E-state index contributed by atoms with van der Waals surface area (Å²) in [4.78, 5) is 22.6. The highest BCUT2D eigenvalue weighted by atomic mass is 19.1. The maximum Gasteiger partial charge on any atom is 0.352 e. The first-order valence-electron chi connectivity index (χ1n) is 6.11. The standard InChI is InChI=1S/C15H14FNO3/c1-9(11-3-5-13(16)6-4-11)17-8-12(10(2)18)7-14(17)15(19)20/h3-9H,1-2H3,(H,19,20). The predicted molar refractivity (Wildman–Crippen MR) is 71.6 cm³/mol. The summed E-state index contributed by atoms with van der Waals surface area (Å²) in [5.74, 6) is -1.65. The third-order valence-electron chi connectivity index (χ3n) is 3.24. The number of carboxylic acid groups (broad SMARTS) is 1. The summed E-state index contributed by atoms with van der Waals surface area (Å²) < 4.78 is 14.4. The van der Waals surface area contributed by atoms with E-state index in [1.807, 2.05) is 0 Å². The van der Waals surface area contributed by atoms with Gasteiger partial charge in [0.15, 0.2) is 5.78 Å². The van der Waals surface area contributed by atoms with Gasteiger partial charge in [-0.2, -0.15) is 0 Å². The lowest BCUT2D eigenvalue weighted by Crippen LogP contribution is -2.12. The number of carbonyl (C=O) groups excluding carboxylic acids is 1. The van der Waals surface area contributed by atoms with Crippen LogP contribution in [0.2, 0.25) is 0 Å². The molecule has 4 nitrogen and oxygen atoms in total. The molecule has 1 aromatic heterocycles. The molecule has 2 rings (SSSR count). The Bertz CT molecular complexity index is 658. The van der Waals surface area contributed by atoms with Gasteiger partial charge in [-0.3, -0.25) is 4.79 Å². The van der Waals surface area contributed by atoms with Crippen LogP contribution in [-0.4, -0.2) is 21.4 Å². The Hall–Kier alpha value is -2.43. The fourth-order valence-corrected chi connectivity index (χ4v) is 2.07. The van der Waals surface area contributed by atoms with Crippen LogP contribution in [0.3, 0.4) is 0 Å². The van der Waals surface area contributed by atoms with Crippen molar-refractivity contribution in [2.75, 3.05) is 0 Å². The van der Waals surface area contributed by atoms with Gasteiger partial charge in [0.1, 0.15) is 11.5 Å². The third-order valence-corrected chi connectivity index (χ3v) is 3.24. The summed E-state index contributed by atoms with van der Waals surface area (Å²) in [6.07, 6.45) is 1.51. The molecule has 5 heteroatoms. The van der Waals surface area contributed by atoms with Crippen LogP contribution >= 0.6 is 0 Å². The minimum atomic E-state index is -1.11. The van der Waals surface area contributed by atoms with Crippen molar-refractivity contribution < 1.29 is 19.1 Å². The SMILES string of the molecule is CC(=O)c1cc(C(=O)O)n(C(C)c2ccc(F)cc2)c1. The average molecular weight is 275 g/mol. The lowest BCUT2D eigenvalue weighted by Gasteiger charge is -2.16. The maximum absolute atomic E-state index is 12.9. The molecule has 104 valence electrons. The van der Waals surface area contributed by atoms with Crippen LogP contribution in [0.4, 0.5) is 4.39 Å². The van der Waals surface area contributed by atoms with Crippen molar-refractivity contribution in [1.29, 1.82) is 0 Å². The number of rotatable bonds is 4. The Morgan fingerprint density at radius 1 is 1.25 bits per heavy atom. The van der Waals surface area contributed by atoms with E-state index >= 15 is 0 Å². The lowest BCUT2D eigenvalue weighted by atomic mass is 10.1. The van der Waals surface area contributed by atoms with E-state index in [9.17, 15) is 19.1 Å².